The number of rotatable bonds is 5. The van der Waals surface area contributed by atoms with E-state index in [0.29, 0.717) is 43.7 Å². The first kappa shape index (κ1) is 22.9. The monoisotopic (exact) mass is 463 g/mol. The molecule has 10 heteroatoms. The molecule has 1 fully saturated rings. The Balaban J connectivity index is 1.26. The number of ether oxygens (including phenoxy) is 1. The lowest BCUT2D eigenvalue weighted by Crippen LogP contribution is -2.46. The van der Waals surface area contributed by atoms with Crippen molar-refractivity contribution in [2.24, 2.45) is 0 Å². The van der Waals surface area contributed by atoms with E-state index in [0.717, 1.165) is 23.4 Å². The molecule has 2 aromatic carbocycles. The molecule has 0 atom stereocenters. The van der Waals surface area contributed by atoms with E-state index >= 15 is 0 Å². The van der Waals surface area contributed by atoms with Gasteiger partial charge in [0.2, 0.25) is 0 Å². The lowest BCUT2D eigenvalue weighted by Gasteiger charge is -2.35. The highest BCUT2D eigenvalue weighted by atomic mass is 19.4. The molecule has 0 bridgehead atoms. The van der Waals surface area contributed by atoms with Crippen LogP contribution in [0.15, 0.2) is 54.6 Å². The molecule has 2 N–H and O–H groups in total. The second-order valence-electron chi connectivity index (χ2n) is 7.91. The molecule has 1 saturated heterocycles. The summed E-state index contributed by atoms with van der Waals surface area (Å²) >= 11 is 0. The van der Waals surface area contributed by atoms with Crippen LogP contribution in [-0.2, 0) is 22.4 Å². The van der Waals surface area contributed by atoms with Gasteiger partial charge in [-0.15, -0.1) is 5.06 Å². The Morgan fingerprint density at radius 1 is 1.12 bits per heavy atom. The third-order valence-corrected chi connectivity index (χ3v) is 5.67. The van der Waals surface area contributed by atoms with Crippen LogP contribution in [0.5, 0.6) is 5.75 Å². The standard InChI is InChI=1S/C23H24F3N3O4/c1-31-19-8-2-16(3-9-19)15-27-21(30)32-29-12-10-22(11-13-29)14-20(28-33-22)17-4-6-18(7-5-17)23(24,25)26/h2-9,14,28H,10-13,15H2,1H3,(H,27,30). The summed E-state index contributed by atoms with van der Waals surface area (Å²) in [7, 11) is 1.59. The molecule has 2 aliphatic rings. The molecule has 0 saturated carbocycles. The summed E-state index contributed by atoms with van der Waals surface area (Å²) in [5, 5.41) is 4.28. The molecular weight excluding hydrogens is 439 g/mol. The fourth-order valence-electron chi connectivity index (χ4n) is 3.73. The number of nitrogens with one attached hydrogen (secondary N) is 2. The highest BCUT2D eigenvalue weighted by Crippen LogP contribution is 2.36. The summed E-state index contributed by atoms with van der Waals surface area (Å²) in [6.07, 6.45) is -1.93. The first-order valence-corrected chi connectivity index (χ1v) is 10.4. The van der Waals surface area contributed by atoms with E-state index in [1.165, 1.54) is 12.1 Å². The average Bonchev–Trinajstić information content (AvgIpc) is 3.23. The van der Waals surface area contributed by atoms with Gasteiger partial charge in [0.15, 0.2) is 0 Å². The predicted octanol–water partition coefficient (Wildman–Crippen LogP) is 4.27. The lowest BCUT2D eigenvalue weighted by molar-refractivity contribution is -0.156. The number of hydroxylamine groups is 3. The van der Waals surface area contributed by atoms with Crippen LogP contribution < -0.4 is 15.5 Å². The van der Waals surface area contributed by atoms with Crippen molar-refractivity contribution in [2.45, 2.75) is 31.2 Å². The summed E-state index contributed by atoms with van der Waals surface area (Å²) in [6.45, 7) is 1.23. The number of carbonyl (C=O) groups excluding carboxylic acids is 1. The Hall–Kier alpha value is -3.24. The molecule has 7 nitrogen and oxygen atoms in total. The normalized spacial score (nSPS) is 17.9. The summed E-state index contributed by atoms with van der Waals surface area (Å²) in [5.74, 6) is 0.739. The molecule has 0 unspecified atom stereocenters. The van der Waals surface area contributed by atoms with E-state index in [1.54, 1.807) is 12.2 Å². The van der Waals surface area contributed by atoms with E-state index in [2.05, 4.69) is 10.8 Å². The number of amides is 1. The number of nitrogens with zero attached hydrogens (tertiary/aromatic N) is 1. The van der Waals surface area contributed by atoms with Crippen molar-refractivity contribution in [3.05, 3.63) is 71.3 Å². The Kier molecular flexibility index (Phi) is 6.48. The minimum Gasteiger partial charge on any atom is -0.497 e. The predicted molar refractivity (Wildman–Crippen MR) is 113 cm³/mol. The van der Waals surface area contributed by atoms with Crippen molar-refractivity contribution in [1.29, 1.82) is 0 Å². The molecule has 1 amide bonds. The van der Waals surface area contributed by atoms with Crippen LogP contribution in [0.1, 0.15) is 29.5 Å². The molecule has 0 aliphatic carbocycles. The maximum Gasteiger partial charge on any atom is 0.426 e. The number of hydrogen-bond acceptors (Lipinski definition) is 6. The fraction of sp³-hybridized carbons (Fsp3) is 0.348. The molecular formula is C23H24F3N3O4. The maximum atomic E-state index is 12.8. The van der Waals surface area contributed by atoms with Gasteiger partial charge in [-0.2, -0.15) is 13.2 Å². The number of piperidine rings is 1. The van der Waals surface area contributed by atoms with Gasteiger partial charge < -0.3 is 14.9 Å². The minimum atomic E-state index is -4.37. The van der Waals surface area contributed by atoms with Crippen LogP contribution in [0.25, 0.3) is 5.70 Å². The highest BCUT2D eigenvalue weighted by Gasteiger charge is 2.40. The Bertz CT molecular complexity index is 999. The van der Waals surface area contributed by atoms with Gasteiger partial charge in [0.1, 0.15) is 11.4 Å². The van der Waals surface area contributed by atoms with Gasteiger partial charge in [-0.3, -0.25) is 10.3 Å². The van der Waals surface area contributed by atoms with Crippen molar-refractivity contribution in [1.82, 2.24) is 15.9 Å². The van der Waals surface area contributed by atoms with Crippen LogP contribution in [0.3, 0.4) is 0 Å². The second kappa shape index (κ2) is 9.32. The fourth-order valence-corrected chi connectivity index (χ4v) is 3.73. The molecule has 0 radical (unpaired) electrons. The van der Waals surface area contributed by atoms with Crippen molar-refractivity contribution in [2.75, 3.05) is 20.2 Å². The number of methoxy groups -OCH3 is 1. The van der Waals surface area contributed by atoms with Crippen LogP contribution in [0.4, 0.5) is 18.0 Å². The second-order valence-corrected chi connectivity index (χ2v) is 7.91. The Morgan fingerprint density at radius 3 is 2.39 bits per heavy atom. The molecule has 2 aromatic rings. The zero-order valence-corrected chi connectivity index (χ0v) is 17.9. The van der Waals surface area contributed by atoms with Gasteiger partial charge in [0, 0.05) is 19.6 Å². The SMILES string of the molecule is COc1ccc(CNC(=O)ON2CCC3(C=C(c4ccc(C(F)(F)F)cc4)NO3)CC2)cc1. The molecule has 1 spiro atoms. The van der Waals surface area contributed by atoms with Gasteiger partial charge in [0.25, 0.3) is 0 Å². The Morgan fingerprint density at radius 2 is 1.79 bits per heavy atom. The number of carbonyl (C=O) groups is 1. The van der Waals surface area contributed by atoms with E-state index < -0.39 is 23.4 Å². The maximum absolute atomic E-state index is 12.8. The average molecular weight is 463 g/mol. The zero-order chi connectivity index (χ0) is 23.5. The van der Waals surface area contributed by atoms with Crippen LogP contribution in [-0.4, -0.2) is 37.0 Å². The van der Waals surface area contributed by atoms with Gasteiger partial charge >= 0.3 is 12.3 Å². The smallest absolute Gasteiger partial charge is 0.426 e. The minimum absolute atomic E-state index is 0.326. The zero-order valence-electron chi connectivity index (χ0n) is 17.9. The molecule has 33 heavy (non-hydrogen) atoms. The van der Waals surface area contributed by atoms with E-state index in [4.69, 9.17) is 14.4 Å². The number of halogens is 3. The summed E-state index contributed by atoms with van der Waals surface area (Å²) in [5.41, 5.74) is 3.67. The largest absolute Gasteiger partial charge is 0.497 e. The van der Waals surface area contributed by atoms with Crippen LogP contribution in [0, 0.1) is 0 Å². The molecule has 2 aliphatic heterocycles. The van der Waals surface area contributed by atoms with Crippen molar-refractivity contribution in [3.8, 4) is 5.75 Å². The molecule has 2 heterocycles. The summed E-state index contributed by atoms with van der Waals surface area (Å²) < 4.78 is 43.4. The van der Waals surface area contributed by atoms with Gasteiger partial charge in [-0.05, 0) is 54.3 Å². The number of alkyl halides is 3. The summed E-state index contributed by atoms with van der Waals surface area (Å²) in [4.78, 5) is 23.3. The first-order valence-electron chi connectivity index (χ1n) is 10.4. The van der Waals surface area contributed by atoms with Crippen molar-refractivity contribution in [3.63, 3.8) is 0 Å². The third-order valence-electron chi connectivity index (χ3n) is 5.67. The summed E-state index contributed by atoms with van der Waals surface area (Å²) in [6, 6.07) is 12.3. The lowest BCUT2D eigenvalue weighted by atomic mass is 9.91. The van der Waals surface area contributed by atoms with Crippen LogP contribution >= 0.6 is 0 Å². The van der Waals surface area contributed by atoms with Crippen LogP contribution in [0.2, 0.25) is 0 Å². The topological polar surface area (TPSA) is 72.1 Å². The quantitative estimate of drug-likeness (QED) is 0.690. The van der Waals surface area contributed by atoms with E-state index in [1.807, 2.05) is 30.3 Å². The molecule has 4 rings (SSSR count). The number of benzene rings is 2. The van der Waals surface area contributed by atoms with Gasteiger partial charge in [0.05, 0.1) is 18.4 Å². The molecule has 176 valence electrons. The van der Waals surface area contributed by atoms with E-state index in [9.17, 15) is 18.0 Å². The third kappa shape index (κ3) is 5.58. The van der Waals surface area contributed by atoms with Crippen molar-refractivity contribution >= 4 is 11.8 Å². The van der Waals surface area contributed by atoms with Gasteiger partial charge in [-0.1, -0.05) is 24.3 Å². The van der Waals surface area contributed by atoms with Gasteiger partial charge in [-0.25, -0.2) is 4.79 Å². The highest BCUT2D eigenvalue weighted by molar-refractivity contribution is 5.67. The van der Waals surface area contributed by atoms with E-state index in [-0.39, 0.29) is 0 Å². The Labute approximate surface area is 189 Å². The first-order chi connectivity index (χ1) is 15.8. The number of hydrogen-bond donors (Lipinski definition) is 2. The van der Waals surface area contributed by atoms with Crippen molar-refractivity contribution < 1.29 is 32.4 Å². The molecule has 0 aromatic heterocycles.